The Morgan fingerprint density at radius 1 is 0.938 bits per heavy atom. The highest BCUT2D eigenvalue weighted by Crippen LogP contribution is 2.44. The van der Waals surface area contributed by atoms with Gasteiger partial charge in [0.15, 0.2) is 0 Å². The summed E-state index contributed by atoms with van der Waals surface area (Å²) in [6.45, 7) is 11.3. The number of hydrogen-bond donors (Lipinski definition) is 3. The average Bonchev–Trinajstić information content (AvgIpc) is 3.76. The number of carbonyl (C=O) groups is 1. The highest BCUT2D eigenvalue weighted by Gasteiger charge is 2.32. The van der Waals surface area contributed by atoms with Crippen molar-refractivity contribution >= 4 is 72.4 Å². The van der Waals surface area contributed by atoms with Crippen LogP contribution in [0.3, 0.4) is 0 Å². The molecular weight excluding hydrogens is 850 g/mol. The molecule has 3 N–H and O–H groups in total. The van der Waals surface area contributed by atoms with Crippen molar-refractivity contribution in [1.82, 2.24) is 14.6 Å². The van der Waals surface area contributed by atoms with Gasteiger partial charge in [-0.3, -0.25) is 19.8 Å². The Kier molecular flexibility index (Phi) is 12.5. The van der Waals surface area contributed by atoms with Gasteiger partial charge in [-0.25, -0.2) is 13.1 Å². The van der Waals surface area contributed by atoms with E-state index in [0.29, 0.717) is 32.0 Å². The first-order valence-corrected chi connectivity index (χ1v) is 24.3. The fourth-order valence-electron chi connectivity index (χ4n) is 9.83. The molecule has 0 bridgehead atoms. The number of carbonyl (C=O) groups excluding carboxylic acids is 1. The molecule has 9 rings (SSSR count). The molecule has 0 unspecified atom stereocenters. The Morgan fingerprint density at radius 2 is 1.72 bits per heavy atom. The van der Waals surface area contributed by atoms with Gasteiger partial charge in [0.2, 0.25) is 0 Å². The van der Waals surface area contributed by atoms with Crippen LogP contribution in [0, 0.1) is 21.4 Å². The number of anilines is 4. The lowest BCUT2D eigenvalue weighted by molar-refractivity contribution is -0.384. The van der Waals surface area contributed by atoms with Crippen LogP contribution < -0.4 is 19.8 Å². The molecular formula is C49H56ClN7O6S. The molecule has 4 heterocycles. The van der Waals surface area contributed by atoms with Crippen LogP contribution in [0.15, 0.2) is 95.5 Å². The third-order valence-corrected chi connectivity index (χ3v) is 15.1. The molecule has 2 saturated heterocycles. The lowest BCUT2D eigenvalue weighted by Gasteiger charge is -2.40. The number of allylic oxidation sites excluding steroid dienone is 1. The molecule has 15 heteroatoms. The highest BCUT2D eigenvalue weighted by atomic mass is 35.5. The number of hydrogen-bond acceptors (Lipinski definition) is 10. The number of nitrogens with one attached hydrogen (secondary N) is 3. The number of aromatic amines is 1. The van der Waals surface area contributed by atoms with E-state index in [9.17, 15) is 23.3 Å². The molecule has 3 aliphatic heterocycles. The predicted octanol–water partition coefficient (Wildman–Crippen LogP) is 9.56. The molecule has 0 atom stereocenters. The topological polar surface area (TPSA) is 153 Å². The number of nitrogens with zero attached hydrogens (tertiary/aromatic N) is 4. The second-order valence-electron chi connectivity index (χ2n) is 18.5. The largest absolute Gasteiger partial charge is 0.381 e. The summed E-state index contributed by atoms with van der Waals surface area (Å²) in [6.07, 6.45) is 8.54. The first-order valence-electron chi connectivity index (χ1n) is 22.4. The maximum atomic E-state index is 14.3. The van der Waals surface area contributed by atoms with Crippen molar-refractivity contribution in [2.24, 2.45) is 11.3 Å². The van der Waals surface area contributed by atoms with Gasteiger partial charge in [0.25, 0.3) is 21.6 Å². The molecule has 1 aromatic heterocycles. The molecule has 4 aromatic carbocycles. The first kappa shape index (κ1) is 43.8. The zero-order valence-corrected chi connectivity index (χ0v) is 38.1. The van der Waals surface area contributed by atoms with E-state index in [1.165, 1.54) is 28.8 Å². The SMILES string of the molecule is CC1(C)CCC(CN2CCN(c3ccc(C(=O)NS(=O)(=O)c4ccc(NCC5CCOCC5)c([N+](=O)[O-])c4)c(N4CCCc5cc6[nH]ccc6cc54)c3)CC2)=C(c2ccc(Cl)cc2)C1. The van der Waals surface area contributed by atoms with Crippen LogP contribution in [0.5, 0.6) is 0 Å². The maximum absolute atomic E-state index is 14.3. The summed E-state index contributed by atoms with van der Waals surface area (Å²) in [5, 5.41) is 17.1. The zero-order valence-electron chi connectivity index (χ0n) is 36.5. The van der Waals surface area contributed by atoms with Crippen LogP contribution in [-0.4, -0.2) is 88.2 Å². The quantitative estimate of drug-likeness (QED) is 0.0815. The van der Waals surface area contributed by atoms with Gasteiger partial charge in [-0.1, -0.05) is 43.2 Å². The lowest BCUT2D eigenvalue weighted by Crippen LogP contribution is -2.47. The van der Waals surface area contributed by atoms with E-state index in [0.717, 1.165) is 117 Å². The van der Waals surface area contributed by atoms with Gasteiger partial charge in [0.05, 0.1) is 21.1 Å². The minimum Gasteiger partial charge on any atom is -0.381 e. The van der Waals surface area contributed by atoms with Crippen molar-refractivity contribution < 1.29 is 22.9 Å². The molecule has 2 fully saturated rings. The highest BCUT2D eigenvalue weighted by molar-refractivity contribution is 7.90. The lowest BCUT2D eigenvalue weighted by atomic mass is 9.72. The van der Waals surface area contributed by atoms with E-state index >= 15 is 0 Å². The summed E-state index contributed by atoms with van der Waals surface area (Å²) in [5.41, 5.74) is 9.13. The van der Waals surface area contributed by atoms with E-state index < -0.39 is 20.9 Å². The molecule has 0 spiro atoms. The number of fused-ring (bicyclic) bond motifs is 2. The normalized spacial score (nSPS) is 18.5. The zero-order chi connectivity index (χ0) is 44.6. The second kappa shape index (κ2) is 18.2. The maximum Gasteiger partial charge on any atom is 0.293 e. The number of amides is 1. The minimum absolute atomic E-state index is 0.194. The number of ether oxygens (including phenoxy) is 1. The fourth-order valence-corrected chi connectivity index (χ4v) is 10.9. The van der Waals surface area contributed by atoms with E-state index in [4.69, 9.17) is 16.3 Å². The second-order valence-corrected chi connectivity index (χ2v) is 20.6. The number of piperazine rings is 1. The minimum atomic E-state index is -4.52. The van der Waals surface area contributed by atoms with Gasteiger partial charge in [-0.15, -0.1) is 0 Å². The first-order chi connectivity index (χ1) is 30.8. The number of nitro groups is 1. The van der Waals surface area contributed by atoms with Gasteiger partial charge in [0.1, 0.15) is 5.69 Å². The van der Waals surface area contributed by atoms with Gasteiger partial charge in [-0.05, 0) is 134 Å². The van der Waals surface area contributed by atoms with E-state index in [1.54, 1.807) is 6.07 Å². The Morgan fingerprint density at radius 3 is 2.48 bits per heavy atom. The Balaban J connectivity index is 0.975. The van der Waals surface area contributed by atoms with E-state index in [2.05, 4.69) is 67.8 Å². The van der Waals surface area contributed by atoms with Crippen LogP contribution in [-0.2, 0) is 21.2 Å². The third-order valence-electron chi connectivity index (χ3n) is 13.5. The molecule has 1 amide bonds. The third kappa shape index (κ3) is 9.51. The number of aryl methyl sites for hydroxylation is 1. The molecule has 13 nitrogen and oxygen atoms in total. The summed E-state index contributed by atoms with van der Waals surface area (Å²) in [5.74, 6) is -0.528. The fraction of sp³-hybridized carbons (Fsp3) is 0.408. The smallest absolute Gasteiger partial charge is 0.293 e. The number of sulfonamides is 1. The Labute approximate surface area is 380 Å². The van der Waals surface area contributed by atoms with Crippen molar-refractivity contribution in [3.63, 3.8) is 0 Å². The predicted molar refractivity (Wildman–Crippen MR) is 255 cm³/mol. The Hall–Kier alpha value is -5.41. The van der Waals surface area contributed by atoms with Crippen LogP contribution >= 0.6 is 11.6 Å². The van der Waals surface area contributed by atoms with Crippen LogP contribution in [0.1, 0.15) is 73.9 Å². The average molecular weight is 907 g/mol. The molecule has 336 valence electrons. The number of benzene rings is 4. The number of nitro benzene ring substituents is 1. The molecule has 4 aliphatic rings. The standard InChI is InChI=1S/C49H56ClN7O6S/c1-49(2)17-13-37(42(30-49)34-5-7-38(50)8-6-34)32-54-20-22-55(23-21-54)39-9-11-41(46(28-39)56-19-3-4-36-26-44-35(14-18-51-44)27-45(36)56)48(58)53-64(61,62)40-10-12-43(47(29-40)57(59)60)52-31-33-15-24-63-25-16-33/h5-12,14,18,26-29,33,51-52H,3-4,13,15-17,19-25,30-32H2,1-2H3,(H,53,58). The summed E-state index contributed by atoms with van der Waals surface area (Å²) in [4.78, 5) is 35.9. The summed E-state index contributed by atoms with van der Waals surface area (Å²) in [6, 6.07) is 23.9. The summed E-state index contributed by atoms with van der Waals surface area (Å²) >= 11 is 6.27. The molecule has 64 heavy (non-hydrogen) atoms. The molecule has 0 saturated carbocycles. The van der Waals surface area contributed by atoms with Crippen molar-refractivity contribution in [3.8, 4) is 0 Å². The van der Waals surface area contributed by atoms with Crippen molar-refractivity contribution in [1.29, 1.82) is 0 Å². The van der Waals surface area contributed by atoms with E-state index in [-0.39, 0.29) is 33.2 Å². The van der Waals surface area contributed by atoms with Crippen molar-refractivity contribution in [3.05, 3.63) is 122 Å². The van der Waals surface area contributed by atoms with Crippen LogP contribution in [0.4, 0.5) is 28.4 Å². The van der Waals surface area contributed by atoms with Crippen molar-refractivity contribution in [2.75, 3.05) is 74.1 Å². The number of aromatic nitrogens is 1. The summed E-state index contributed by atoms with van der Waals surface area (Å²) < 4.78 is 35.5. The van der Waals surface area contributed by atoms with E-state index in [1.807, 2.05) is 36.5 Å². The van der Waals surface area contributed by atoms with Crippen LogP contribution in [0.25, 0.3) is 16.5 Å². The number of rotatable bonds is 12. The van der Waals surface area contributed by atoms with Gasteiger partial charge in [0, 0.05) is 98.6 Å². The van der Waals surface area contributed by atoms with Crippen molar-refractivity contribution in [2.45, 2.75) is 63.7 Å². The van der Waals surface area contributed by atoms with Gasteiger partial charge >= 0.3 is 0 Å². The van der Waals surface area contributed by atoms with Crippen LogP contribution in [0.2, 0.25) is 5.02 Å². The number of H-pyrrole nitrogens is 1. The van der Waals surface area contributed by atoms with Gasteiger partial charge < -0.3 is 24.8 Å². The monoisotopic (exact) mass is 905 g/mol. The van der Waals surface area contributed by atoms with Gasteiger partial charge in [-0.2, -0.15) is 0 Å². The Bertz CT molecular complexity index is 2700. The molecule has 1 aliphatic carbocycles. The summed E-state index contributed by atoms with van der Waals surface area (Å²) in [7, 11) is -4.52. The number of halogens is 1. The molecule has 5 aromatic rings. The molecule has 0 radical (unpaired) electrons.